The number of hydrogen-bond donors (Lipinski definition) is 1. The van der Waals surface area contributed by atoms with Crippen LogP contribution in [0.15, 0.2) is 22.7 Å². The Kier molecular flexibility index (Phi) is 3.97. The number of carboxylic acid groups (broad SMARTS) is 1. The fourth-order valence-corrected chi connectivity index (χ4v) is 2.87. The Balaban J connectivity index is 1.69. The van der Waals surface area contributed by atoms with Gasteiger partial charge in [-0.15, -0.1) is 0 Å². The van der Waals surface area contributed by atoms with E-state index in [1.54, 1.807) is 19.9 Å². The van der Waals surface area contributed by atoms with Gasteiger partial charge in [0, 0.05) is 32.7 Å². The zero-order valence-corrected chi connectivity index (χ0v) is 13.3. The Morgan fingerprint density at radius 2 is 2.04 bits per heavy atom. The van der Waals surface area contributed by atoms with Gasteiger partial charge in [-0.3, -0.25) is 9.69 Å². The van der Waals surface area contributed by atoms with Gasteiger partial charge in [0.25, 0.3) is 0 Å². The van der Waals surface area contributed by atoms with Crippen molar-refractivity contribution >= 4 is 22.8 Å². The number of carboxylic acids is 1. The van der Waals surface area contributed by atoms with Gasteiger partial charge in [-0.2, -0.15) is 0 Å². The Morgan fingerprint density at radius 3 is 2.70 bits per heavy atom. The number of benzene rings is 1. The van der Waals surface area contributed by atoms with Crippen molar-refractivity contribution in [1.82, 2.24) is 10.1 Å². The van der Waals surface area contributed by atoms with Crippen molar-refractivity contribution in [2.24, 2.45) is 5.41 Å². The summed E-state index contributed by atoms with van der Waals surface area (Å²) in [6.07, 6.45) is 0. The molecule has 1 saturated heterocycles. The summed E-state index contributed by atoms with van der Waals surface area (Å²) in [5, 5.41) is 14.0. The van der Waals surface area contributed by atoms with Crippen molar-refractivity contribution in [3.63, 3.8) is 0 Å². The van der Waals surface area contributed by atoms with Crippen LogP contribution in [0.4, 0.5) is 10.2 Å². The van der Waals surface area contributed by atoms with E-state index in [0.29, 0.717) is 36.4 Å². The molecule has 7 heteroatoms. The van der Waals surface area contributed by atoms with Gasteiger partial charge >= 0.3 is 5.97 Å². The number of halogens is 1. The van der Waals surface area contributed by atoms with E-state index < -0.39 is 11.4 Å². The second-order valence-corrected chi connectivity index (χ2v) is 6.60. The molecule has 0 spiro atoms. The molecule has 1 N–H and O–H groups in total. The molecule has 2 aromatic rings. The van der Waals surface area contributed by atoms with Crippen LogP contribution in [0.3, 0.4) is 0 Å². The Labute approximate surface area is 133 Å². The van der Waals surface area contributed by atoms with Crippen LogP contribution in [0.5, 0.6) is 0 Å². The molecule has 1 aromatic heterocycles. The first-order valence-corrected chi connectivity index (χ1v) is 7.62. The zero-order valence-electron chi connectivity index (χ0n) is 13.3. The van der Waals surface area contributed by atoms with Gasteiger partial charge in [0.1, 0.15) is 5.82 Å². The molecular weight excluding hydrogens is 301 g/mol. The fraction of sp³-hybridized carbons (Fsp3) is 0.500. The summed E-state index contributed by atoms with van der Waals surface area (Å²) in [7, 11) is 0. The van der Waals surface area contributed by atoms with Crippen LogP contribution in [0.2, 0.25) is 0 Å². The average molecular weight is 321 g/mol. The van der Waals surface area contributed by atoms with Gasteiger partial charge in [0.15, 0.2) is 11.4 Å². The summed E-state index contributed by atoms with van der Waals surface area (Å²) in [5.41, 5.74) is -0.206. The predicted octanol–water partition coefficient (Wildman–Crippen LogP) is 2.20. The minimum absolute atomic E-state index is 0.316. The highest BCUT2D eigenvalue weighted by Gasteiger charge is 2.31. The number of rotatable bonds is 4. The van der Waals surface area contributed by atoms with E-state index >= 15 is 0 Å². The first kappa shape index (κ1) is 15.7. The van der Waals surface area contributed by atoms with Crippen molar-refractivity contribution in [2.75, 3.05) is 37.6 Å². The van der Waals surface area contributed by atoms with E-state index in [1.165, 1.54) is 12.1 Å². The van der Waals surface area contributed by atoms with Crippen molar-refractivity contribution in [2.45, 2.75) is 13.8 Å². The number of hydrogen-bond acceptors (Lipinski definition) is 5. The number of anilines is 1. The summed E-state index contributed by atoms with van der Waals surface area (Å²) >= 11 is 0. The second-order valence-electron chi connectivity index (χ2n) is 6.60. The predicted molar refractivity (Wildman–Crippen MR) is 84.0 cm³/mol. The average Bonchev–Trinajstić information content (AvgIpc) is 2.90. The van der Waals surface area contributed by atoms with Gasteiger partial charge in [-0.05, 0) is 32.0 Å². The number of nitrogens with zero attached hydrogens (tertiary/aromatic N) is 3. The van der Waals surface area contributed by atoms with Crippen LogP contribution in [-0.2, 0) is 4.79 Å². The minimum Gasteiger partial charge on any atom is -0.481 e. The molecule has 0 unspecified atom stereocenters. The minimum atomic E-state index is -0.794. The molecule has 1 aliphatic rings. The number of carbonyl (C=O) groups is 1. The lowest BCUT2D eigenvalue weighted by Crippen LogP contribution is -2.50. The lowest BCUT2D eigenvalue weighted by atomic mass is 9.93. The van der Waals surface area contributed by atoms with Crippen LogP contribution >= 0.6 is 0 Å². The maximum atomic E-state index is 13.4. The molecule has 0 bridgehead atoms. The van der Waals surface area contributed by atoms with Crippen LogP contribution in [0, 0.1) is 11.2 Å². The first-order chi connectivity index (χ1) is 10.9. The fourth-order valence-electron chi connectivity index (χ4n) is 2.87. The van der Waals surface area contributed by atoms with E-state index in [0.717, 1.165) is 13.1 Å². The molecule has 1 aliphatic heterocycles. The lowest BCUT2D eigenvalue weighted by molar-refractivity contribution is -0.148. The second kappa shape index (κ2) is 5.81. The third kappa shape index (κ3) is 3.14. The summed E-state index contributed by atoms with van der Waals surface area (Å²) in [5.74, 6) is -0.460. The van der Waals surface area contributed by atoms with E-state index in [-0.39, 0.29) is 5.82 Å². The van der Waals surface area contributed by atoms with Gasteiger partial charge in [-0.25, -0.2) is 4.39 Å². The highest BCUT2D eigenvalue weighted by molar-refractivity contribution is 5.88. The smallest absolute Gasteiger partial charge is 0.310 e. The zero-order chi connectivity index (χ0) is 16.6. The molecule has 124 valence electrons. The van der Waals surface area contributed by atoms with E-state index in [2.05, 4.69) is 15.0 Å². The van der Waals surface area contributed by atoms with Crippen LogP contribution in [0.25, 0.3) is 11.0 Å². The maximum Gasteiger partial charge on any atom is 0.310 e. The van der Waals surface area contributed by atoms with Crippen LogP contribution in [-0.4, -0.2) is 53.9 Å². The molecule has 2 heterocycles. The lowest BCUT2D eigenvalue weighted by Gasteiger charge is -2.37. The molecule has 0 atom stereocenters. The summed E-state index contributed by atoms with van der Waals surface area (Å²) < 4.78 is 18.7. The van der Waals surface area contributed by atoms with Gasteiger partial charge in [0.05, 0.1) is 10.8 Å². The quantitative estimate of drug-likeness (QED) is 0.931. The first-order valence-electron chi connectivity index (χ1n) is 7.62. The number of piperazine rings is 1. The summed E-state index contributed by atoms with van der Waals surface area (Å²) in [4.78, 5) is 15.4. The van der Waals surface area contributed by atoms with Gasteiger partial charge in [-0.1, -0.05) is 5.16 Å². The Morgan fingerprint density at radius 1 is 1.35 bits per heavy atom. The standard InChI is InChI=1S/C16H20FN3O3/c1-16(2,15(21)22)10-19-5-7-20(8-6-19)14-12-9-11(17)3-4-13(12)23-18-14/h3-4,9H,5-8,10H2,1-2H3,(H,21,22). The Bertz CT molecular complexity index is 720. The van der Waals surface area contributed by atoms with Crippen molar-refractivity contribution in [1.29, 1.82) is 0 Å². The number of aliphatic carboxylic acids is 1. The molecular formula is C16H20FN3O3. The van der Waals surface area contributed by atoms with Gasteiger partial charge in [0.2, 0.25) is 0 Å². The largest absolute Gasteiger partial charge is 0.481 e. The summed E-state index contributed by atoms with van der Waals surface area (Å²) in [6.45, 7) is 6.85. The van der Waals surface area contributed by atoms with Crippen molar-refractivity contribution in [3.8, 4) is 0 Å². The molecule has 0 amide bonds. The molecule has 23 heavy (non-hydrogen) atoms. The normalized spacial score (nSPS) is 16.9. The monoisotopic (exact) mass is 321 g/mol. The molecule has 1 aromatic carbocycles. The van der Waals surface area contributed by atoms with Crippen molar-refractivity contribution < 1.29 is 18.8 Å². The molecule has 1 fully saturated rings. The third-order valence-corrected chi connectivity index (χ3v) is 4.28. The number of fused-ring (bicyclic) bond motifs is 1. The highest BCUT2D eigenvalue weighted by Crippen LogP contribution is 2.28. The van der Waals surface area contributed by atoms with E-state index in [1.807, 2.05) is 0 Å². The Hall–Kier alpha value is -2.15. The number of aromatic nitrogens is 1. The SMILES string of the molecule is CC(C)(CN1CCN(c2noc3ccc(F)cc23)CC1)C(=O)O. The van der Waals surface area contributed by atoms with Crippen LogP contribution < -0.4 is 4.90 Å². The van der Waals surface area contributed by atoms with E-state index in [4.69, 9.17) is 4.52 Å². The van der Waals surface area contributed by atoms with Crippen molar-refractivity contribution in [3.05, 3.63) is 24.0 Å². The molecule has 6 nitrogen and oxygen atoms in total. The van der Waals surface area contributed by atoms with Crippen LogP contribution in [0.1, 0.15) is 13.8 Å². The summed E-state index contributed by atoms with van der Waals surface area (Å²) in [6, 6.07) is 4.36. The van der Waals surface area contributed by atoms with E-state index in [9.17, 15) is 14.3 Å². The molecule has 3 rings (SSSR count). The van der Waals surface area contributed by atoms with Gasteiger partial charge < -0.3 is 14.5 Å². The molecule has 0 radical (unpaired) electrons. The maximum absolute atomic E-state index is 13.4. The molecule has 0 saturated carbocycles. The topological polar surface area (TPSA) is 69.8 Å². The molecule has 0 aliphatic carbocycles. The third-order valence-electron chi connectivity index (χ3n) is 4.28. The highest BCUT2D eigenvalue weighted by atomic mass is 19.1.